The van der Waals surface area contributed by atoms with E-state index in [2.05, 4.69) is 47.2 Å². The lowest BCUT2D eigenvalue weighted by atomic mass is 10.1. The number of rotatable bonds is 8. The predicted molar refractivity (Wildman–Crippen MR) is 122 cm³/mol. The molecule has 7 heteroatoms. The van der Waals surface area contributed by atoms with Gasteiger partial charge in [-0.25, -0.2) is 0 Å². The SMILES string of the molecule is CCOc1ccc(OCC)c(NC(=O)CN2CCN(c3cc(C)ccc3C)CC2)c1.[Cl-]. The summed E-state index contributed by atoms with van der Waals surface area (Å²) in [6, 6.07) is 12.1. The van der Waals surface area contributed by atoms with Crippen LogP contribution in [0, 0.1) is 13.8 Å². The zero-order valence-corrected chi connectivity index (χ0v) is 19.7. The molecule has 170 valence electrons. The molecule has 2 aromatic rings. The van der Waals surface area contributed by atoms with E-state index in [9.17, 15) is 4.79 Å². The quantitative estimate of drug-likeness (QED) is 0.652. The average molecular weight is 447 g/mol. The zero-order valence-electron chi connectivity index (χ0n) is 18.9. The van der Waals surface area contributed by atoms with Crippen LogP contribution in [0.4, 0.5) is 11.4 Å². The van der Waals surface area contributed by atoms with Gasteiger partial charge in [0, 0.05) is 37.9 Å². The summed E-state index contributed by atoms with van der Waals surface area (Å²) in [4.78, 5) is 17.3. The minimum absolute atomic E-state index is 0. The van der Waals surface area contributed by atoms with Gasteiger partial charge in [-0.2, -0.15) is 0 Å². The van der Waals surface area contributed by atoms with Crippen LogP contribution in [0.5, 0.6) is 11.5 Å². The summed E-state index contributed by atoms with van der Waals surface area (Å²) in [5.74, 6) is 1.34. The van der Waals surface area contributed by atoms with Crippen molar-refractivity contribution in [3.63, 3.8) is 0 Å². The summed E-state index contributed by atoms with van der Waals surface area (Å²) in [5.41, 5.74) is 4.52. The third-order valence-electron chi connectivity index (χ3n) is 5.28. The number of halogens is 1. The molecule has 0 unspecified atom stereocenters. The molecule has 1 heterocycles. The van der Waals surface area contributed by atoms with Crippen molar-refractivity contribution >= 4 is 17.3 Å². The Labute approximate surface area is 191 Å². The molecule has 1 amide bonds. The number of carbonyl (C=O) groups excluding carboxylic acids is 1. The molecule has 0 spiro atoms. The van der Waals surface area contributed by atoms with Crippen LogP contribution in [0.25, 0.3) is 0 Å². The van der Waals surface area contributed by atoms with Gasteiger partial charge in [0.05, 0.1) is 25.4 Å². The molecule has 31 heavy (non-hydrogen) atoms. The van der Waals surface area contributed by atoms with Gasteiger partial charge in [-0.05, 0) is 57.0 Å². The molecule has 0 atom stereocenters. The number of benzene rings is 2. The van der Waals surface area contributed by atoms with Crippen LogP contribution in [0.15, 0.2) is 36.4 Å². The maximum atomic E-state index is 12.7. The normalized spacial score (nSPS) is 14.0. The first-order chi connectivity index (χ1) is 14.5. The maximum Gasteiger partial charge on any atom is 0.238 e. The highest BCUT2D eigenvalue weighted by atomic mass is 35.5. The van der Waals surface area contributed by atoms with Crippen LogP contribution in [-0.4, -0.2) is 56.7 Å². The van der Waals surface area contributed by atoms with Gasteiger partial charge >= 0.3 is 0 Å². The smallest absolute Gasteiger partial charge is 0.238 e. The third kappa shape index (κ3) is 6.77. The Bertz CT molecular complexity index is 867. The Balaban J connectivity index is 0.00000341. The van der Waals surface area contributed by atoms with Crippen molar-refractivity contribution in [1.29, 1.82) is 0 Å². The van der Waals surface area contributed by atoms with Crippen molar-refractivity contribution in [2.45, 2.75) is 27.7 Å². The molecular formula is C24H33ClN3O3-. The van der Waals surface area contributed by atoms with Gasteiger partial charge in [0.1, 0.15) is 11.5 Å². The van der Waals surface area contributed by atoms with Crippen molar-refractivity contribution in [2.24, 2.45) is 0 Å². The number of hydrogen-bond acceptors (Lipinski definition) is 5. The summed E-state index contributed by atoms with van der Waals surface area (Å²) in [6.07, 6.45) is 0. The van der Waals surface area contributed by atoms with Crippen LogP contribution in [0.3, 0.4) is 0 Å². The number of piperazine rings is 1. The van der Waals surface area contributed by atoms with Gasteiger partial charge in [0.2, 0.25) is 5.91 Å². The van der Waals surface area contributed by atoms with Gasteiger partial charge in [-0.3, -0.25) is 9.69 Å². The van der Waals surface area contributed by atoms with Crippen LogP contribution in [0.2, 0.25) is 0 Å². The highest BCUT2D eigenvalue weighted by Crippen LogP contribution is 2.29. The van der Waals surface area contributed by atoms with E-state index in [-0.39, 0.29) is 18.3 Å². The van der Waals surface area contributed by atoms with Crippen LogP contribution in [0.1, 0.15) is 25.0 Å². The summed E-state index contributed by atoms with van der Waals surface area (Å²) in [5, 5.41) is 3.00. The van der Waals surface area contributed by atoms with E-state index < -0.39 is 0 Å². The fourth-order valence-corrected chi connectivity index (χ4v) is 3.74. The second kappa shape index (κ2) is 11.8. The molecule has 1 fully saturated rings. The molecule has 0 aromatic heterocycles. The predicted octanol–water partition coefficient (Wildman–Crippen LogP) is 0.866. The molecule has 1 aliphatic heterocycles. The molecule has 0 aliphatic carbocycles. The second-order valence-corrected chi connectivity index (χ2v) is 7.63. The fraction of sp³-hybridized carbons (Fsp3) is 0.458. The Morgan fingerprint density at radius 2 is 1.68 bits per heavy atom. The highest BCUT2D eigenvalue weighted by Gasteiger charge is 2.21. The van der Waals surface area contributed by atoms with Crippen LogP contribution in [-0.2, 0) is 4.79 Å². The molecule has 1 saturated heterocycles. The van der Waals surface area contributed by atoms with Crippen molar-refractivity contribution in [1.82, 2.24) is 4.90 Å². The number of amides is 1. The van der Waals surface area contributed by atoms with E-state index in [1.807, 2.05) is 32.0 Å². The van der Waals surface area contributed by atoms with E-state index in [4.69, 9.17) is 9.47 Å². The number of nitrogens with zero attached hydrogens (tertiary/aromatic N) is 2. The minimum atomic E-state index is -0.0372. The summed E-state index contributed by atoms with van der Waals surface area (Å²) in [7, 11) is 0. The van der Waals surface area contributed by atoms with Crippen LogP contribution < -0.4 is 32.1 Å². The highest BCUT2D eigenvalue weighted by molar-refractivity contribution is 5.94. The molecule has 0 saturated carbocycles. The van der Waals surface area contributed by atoms with E-state index >= 15 is 0 Å². The Kier molecular flexibility index (Phi) is 9.46. The van der Waals surface area contributed by atoms with Crippen molar-refractivity contribution < 1.29 is 26.7 Å². The standard InChI is InChI=1S/C24H33N3O3.ClH/c1-5-29-20-9-10-23(30-6-2)21(16-20)25-24(28)17-26-11-13-27(14-12-26)22-15-18(3)7-8-19(22)4;/h7-10,15-16H,5-6,11-14,17H2,1-4H3,(H,25,28);1H/p-1. The largest absolute Gasteiger partial charge is 1.00 e. The van der Waals surface area contributed by atoms with E-state index in [0.717, 1.165) is 31.9 Å². The lowest BCUT2D eigenvalue weighted by Crippen LogP contribution is -3.00. The van der Waals surface area contributed by atoms with Crippen LogP contribution >= 0.6 is 0 Å². The number of carbonyl (C=O) groups is 1. The Morgan fingerprint density at radius 3 is 2.35 bits per heavy atom. The lowest BCUT2D eigenvalue weighted by molar-refractivity contribution is -0.117. The average Bonchev–Trinajstić information content (AvgIpc) is 2.73. The second-order valence-electron chi connectivity index (χ2n) is 7.63. The van der Waals surface area contributed by atoms with Crippen molar-refractivity contribution in [3.8, 4) is 11.5 Å². The van der Waals surface area contributed by atoms with E-state index in [1.165, 1.54) is 16.8 Å². The third-order valence-corrected chi connectivity index (χ3v) is 5.28. The van der Waals surface area contributed by atoms with Gasteiger partial charge in [-0.1, -0.05) is 12.1 Å². The van der Waals surface area contributed by atoms with Gasteiger partial charge < -0.3 is 32.1 Å². The van der Waals surface area contributed by atoms with Crippen molar-refractivity contribution in [2.75, 3.05) is 56.2 Å². The van der Waals surface area contributed by atoms with Gasteiger partial charge in [0.15, 0.2) is 0 Å². The van der Waals surface area contributed by atoms with Crippen molar-refractivity contribution in [3.05, 3.63) is 47.5 Å². The number of anilines is 2. The zero-order chi connectivity index (χ0) is 21.5. The number of nitrogens with one attached hydrogen (secondary N) is 1. The molecule has 0 bridgehead atoms. The number of ether oxygens (including phenoxy) is 2. The maximum absolute atomic E-state index is 12.7. The molecule has 1 N–H and O–H groups in total. The number of hydrogen-bond donors (Lipinski definition) is 1. The Morgan fingerprint density at radius 1 is 0.968 bits per heavy atom. The molecule has 0 radical (unpaired) electrons. The first kappa shape index (κ1) is 24.8. The first-order valence-electron chi connectivity index (χ1n) is 10.7. The van der Waals surface area contributed by atoms with E-state index in [1.54, 1.807) is 0 Å². The Hall–Kier alpha value is -2.44. The number of aryl methyl sites for hydroxylation is 2. The lowest BCUT2D eigenvalue weighted by Gasteiger charge is -2.36. The van der Waals surface area contributed by atoms with Gasteiger partial charge in [-0.15, -0.1) is 0 Å². The summed E-state index contributed by atoms with van der Waals surface area (Å²) in [6.45, 7) is 13.2. The first-order valence-corrected chi connectivity index (χ1v) is 10.7. The van der Waals surface area contributed by atoms with Gasteiger partial charge in [0.25, 0.3) is 0 Å². The minimum Gasteiger partial charge on any atom is -1.00 e. The fourth-order valence-electron chi connectivity index (χ4n) is 3.74. The molecular weight excluding hydrogens is 414 g/mol. The summed E-state index contributed by atoms with van der Waals surface area (Å²) >= 11 is 0. The molecule has 6 nitrogen and oxygen atoms in total. The molecule has 1 aliphatic rings. The summed E-state index contributed by atoms with van der Waals surface area (Å²) < 4.78 is 11.2. The molecule has 3 rings (SSSR count). The molecule has 2 aromatic carbocycles. The topological polar surface area (TPSA) is 54.0 Å². The monoisotopic (exact) mass is 446 g/mol. The van der Waals surface area contributed by atoms with E-state index in [0.29, 0.717) is 31.2 Å².